The molecular weight excluding hydrogens is 176 g/mol. The third-order valence-electron chi connectivity index (χ3n) is 1.95. The van der Waals surface area contributed by atoms with E-state index in [9.17, 15) is 0 Å². The molecule has 0 atom stereocenters. The third kappa shape index (κ3) is 2.07. The summed E-state index contributed by atoms with van der Waals surface area (Å²) >= 11 is 0. The van der Waals surface area contributed by atoms with Crippen molar-refractivity contribution in [3.05, 3.63) is 17.6 Å². The van der Waals surface area contributed by atoms with E-state index in [2.05, 4.69) is 29.1 Å². The van der Waals surface area contributed by atoms with Crippen molar-refractivity contribution < 1.29 is 0 Å². The first-order valence-electron chi connectivity index (χ1n) is 4.79. The van der Waals surface area contributed by atoms with Crippen molar-refractivity contribution >= 4 is 12.0 Å². The molecule has 0 aliphatic heterocycles. The first kappa shape index (κ1) is 10.6. The quantitative estimate of drug-likeness (QED) is 0.717. The molecule has 0 aromatic carbocycles. The molecule has 14 heavy (non-hydrogen) atoms. The number of anilines is 1. The van der Waals surface area contributed by atoms with Crippen LogP contribution in [0.5, 0.6) is 0 Å². The van der Waals surface area contributed by atoms with Gasteiger partial charge in [0.2, 0.25) is 0 Å². The molecule has 0 unspecified atom stereocenters. The van der Waals surface area contributed by atoms with Gasteiger partial charge in [-0.05, 0) is 12.8 Å². The first-order valence-corrected chi connectivity index (χ1v) is 4.79. The molecule has 76 valence electrons. The Bertz CT molecular complexity index is 320. The molecule has 1 aromatic heterocycles. The summed E-state index contributed by atoms with van der Waals surface area (Å²) in [5.74, 6) is 1.06. The summed E-state index contributed by atoms with van der Waals surface area (Å²) in [6.07, 6.45) is 2.85. The number of nitrogens with one attached hydrogen (secondary N) is 2. The second-order valence-electron chi connectivity index (χ2n) is 3.35. The van der Waals surface area contributed by atoms with Crippen LogP contribution in [0, 0.1) is 5.41 Å². The predicted octanol–water partition coefficient (Wildman–Crippen LogP) is 2.03. The van der Waals surface area contributed by atoms with E-state index in [1.54, 1.807) is 6.33 Å². The molecule has 0 bridgehead atoms. The summed E-state index contributed by atoms with van der Waals surface area (Å²) in [5.41, 5.74) is 1.72. The van der Waals surface area contributed by atoms with Crippen molar-refractivity contribution in [1.82, 2.24) is 9.97 Å². The van der Waals surface area contributed by atoms with Crippen LogP contribution in [0.3, 0.4) is 0 Å². The Morgan fingerprint density at radius 1 is 1.50 bits per heavy atom. The van der Waals surface area contributed by atoms with Crippen LogP contribution in [0.4, 0.5) is 5.82 Å². The van der Waals surface area contributed by atoms with Crippen LogP contribution < -0.4 is 5.32 Å². The predicted molar refractivity (Wildman–Crippen MR) is 58.2 cm³/mol. The van der Waals surface area contributed by atoms with Gasteiger partial charge in [0.25, 0.3) is 0 Å². The molecule has 4 nitrogen and oxygen atoms in total. The molecule has 0 radical (unpaired) electrons. The highest BCUT2D eigenvalue weighted by molar-refractivity contribution is 5.85. The van der Waals surface area contributed by atoms with Gasteiger partial charge >= 0.3 is 0 Å². The highest BCUT2D eigenvalue weighted by Gasteiger charge is 2.10. The third-order valence-corrected chi connectivity index (χ3v) is 1.95. The fourth-order valence-electron chi connectivity index (χ4n) is 1.32. The molecule has 0 aliphatic rings. The van der Waals surface area contributed by atoms with Gasteiger partial charge in [-0.3, -0.25) is 0 Å². The number of hydrogen-bond donors (Lipinski definition) is 2. The van der Waals surface area contributed by atoms with Gasteiger partial charge in [0.15, 0.2) is 0 Å². The average molecular weight is 192 g/mol. The monoisotopic (exact) mass is 192 g/mol. The standard InChI is InChI=1S/C10H16N4/c1-4-12-10-8(5-11)9(7(2)3)13-6-14-10/h5-7,11H,4H2,1-3H3,(H,12,13,14). The molecule has 0 saturated heterocycles. The first-order chi connectivity index (χ1) is 6.70. The van der Waals surface area contributed by atoms with E-state index in [4.69, 9.17) is 5.41 Å². The molecule has 0 fully saturated rings. The van der Waals surface area contributed by atoms with E-state index in [-0.39, 0.29) is 0 Å². The summed E-state index contributed by atoms with van der Waals surface area (Å²) in [7, 11) is 0. The van der Waals surface area contributed by atoms with Crippen LogP contribution in [-0.4, -0.2) is 22.7 Å². The van der Waals surface area contributed by atoms with Crippen LogP contribution in [0.15, 0.2) is 6.33 Å². The van der Waals surface area contributed by atoms with E-state index in [1.807, 2.05) is 6.92 Å². The maximum Gasteiger partial charge on any atom is 0.138 e. The Balaban J connectivity index is 3.17. The zero-order valence-electron chi connectivity index (χ0n) is 8.83. The minimum Gasteiger partial charge on any atom is -0.370 e. The molecule has 1 rings (SSSR count). The molecule has 1 heterocycles. The summed E-state index contributed by atoms with van der Waals surface area (Å²) < 4.78 is 0. The van der Waals surface area contributed by atoms with Crippen LogP contribution in [-0.2, 0) is 0 Å². The molecule has 0 amide bonds. The van der Waals surface area contributed by atoms with E-state index in [0.29, 0.717) is 5.92 Å². The molecule has 1 aromatic rings. The maximum atomic E-state index is 7.35. The van der Waals surface area contributed by atoms with E-state index in [0.717, 1.165) is 23.6 Å². The average Bonchev–Trinajstić information content (AvgIpc) is 2.18. The van der Waals surface area contributed by atoms with Gasteiger partial charge in [0, 0.05) is 12.8 Å². The maximum absolute atomic E-state index is 7.35. The minimum atomic E-state index is 0.312. The fraction of sp³-hybridized carbons (Fsp3) is 0.500. The van der Waals surface area contributed by atoms with Crippen molar-refractivity contribution in [2.24, 2.45) is 0 Å². The van der Waals surface area contributed by atoms with Crippen molar-refractivity contribution in [3.63, 3.8) is 0 Å². The SMILES string of the molecule is CCNc1ncnc(C(C)C)c1C=N. The number of aromatic nitrogens is 2. The summed E-state index contributed by atoms with van der Waals surface area (Å²) in [4.78, 5) is 8.30. The Morgan fingerprint density at radius 2 is 2.21 bits per heavy atom. The van der Waals surface area contributed by atoms with Crippen molar-refractivity contribution in [1.29, 1.82) is 5.41 Å². The van der Waals surface area contributed by atoms with E-state index >= 15 is 0 Å². The molecule has 0 spiro atoms. The second kappa shape index (κ2) is 4.69. The zero-order valence-corrected chi connectivity index (χ0v) is 8.83. The van der Waals surface area contributed by atoms with Gasteiger partial charge < -0.3 is 10.7 Å². The highest BCUT2D eigenvalue weighted by Crippen LogP contribution is 2.19. The smallest absolute Gasteiger partial charge is 0.138 e. The van der Waals surface area contributed by atoms with Crippen molar-refractivity contribution in [3.8, 4) is 0 Å². The Hall–Kier alpha value is -1.45. The number of rotatable bonds is 4. The van der Waals surface area contributed by atoms with Crippen LogP contribution in [0.25, 0.3) is 0 Å². The van der Waals surface area contributed by atoms with Gasteiger partial charge in [-0.15, -0.1) is 0 Å². The topological polar surface area (TPSA) is 61.7 Å². The van der Waals surface area contributed by atoms with Gasteiger partial charge in [0.05, 0.1) is 11.3 Å². The summed E-state index contributed by atoms with van der Waals surface area (Å²) in [5, 5.41) is 10.5. The zero-order chi connectivity index (χ0) is 10.6. The van der Waals surface area contributed by atoms with E-state index < -0.39 is 0 Å². The fourth-order valence-corrected chi connectivity index (χ4v) is 1.32. The van der Waals surface area contributed by atoms with Crippen LogP contribution in [0.1, 0.15) is 37.9 Å². The second-order valence-corrected chi connectivity index (χ2v) is 3.35. The summed E-state index contributed by atoms with van der Waals surface area (Å²) in [6, 6.07) is 0. The summed E-state index contributed by atoms with van der Waals surface area (Å²) in [6.45, 7) is 6.93. The van der Waals surface area contributed by atoms with Crippen molar-refractivity contribution in [2.45, 2.75) is 26.7 Å². The van der Waals surface area contributed by atoms with Gasteiger partial charge in [-0.25, -0.2) is 9.97 Å². The number of hydrogen-bond acceptors (Lipinski definition) is 4. The Labute approximate surface area is 84.3 Å². The van der Waals surface area contributed by atoms with Crippen molar-refractivity contribution in [2.75, 3.05) is 11.9 Å². The Kier molecular flexibility index (Phi) is 3.56. The van der Waals surface area contributed by atoms with Crippen LogP contribution >= 0.6 is 0 Å². The van der Waals surface area contributed by atoms with E-state index in [1.165, 1.54) is 6.21 Å². The van der Waals surface area contributed by atoms with Gasteiger partial charge in [-0.2, -0.15) is 0 Å². The lowest BCUT2D eigenvalue weighted by Crippen LogP contribution is -2.08. The number of nitrogens with zero attached hydrogens (tertiary/aromatic N) is 2. The molecule has 4 heteroatoms. The lowest BCUT2D eigenvalue weighted by Gasteiger charge is -2.11. The lowest BCUT2D eigenvalue weighted by atomic mass is 10.1. The molecular formula is C10H16N4. The highest BCUT2D eigenvalue weighted by atomic mass is 15.0. The van der Waals surface area contributed by atoms with Gasteiger partial charge in [-0.1, -0.05) is 13.8 Å². The minimum absolute atomic E-state index is 0.312. The molecule has 0 saturated carbocycles. The largest absolute Gasteiger partial charge is 0.370 e. The normalized spacial score (nSPS) is 10.3. The molecule has 2 N–H and O–H groups in total. The lowest BCUT2D eigenvalue weighted by molar-refractivity contribution is 0.811. The Morgan fingerprint density at radius 3 is 2.71 bits per heavy atom. The molecule has 0 aliphatic carbocycles. The van der Waals surface area contributed by atoms with Crippen LogP contribution in [0.2, 0.25) is 0 Å². The van der Waals surface area contributed by atoms with Gasteiger partial charge in [0.1, 0.15) is 12.1 Å².